The van der Waals surface area contributed by atoms with E-state index in [0.29, 0.717) is 12.3 Å². The second-order valence-electron chi connectivity index (χ2n) is 4.75. The van der Waals surface area contributed by atoms with Gasteiger partial charge in [-0.1, -0.05) is 39.5 Å². The van der Waals surface area contributed by atoms with E-state index in [-0.39, 0.29) is 12.5 Å². The quantitative estimate of drug-likeness (QED) is 0.719. The molecule has 1 saturated carbocycles. The van der Waals surface area contributed by atoms with E-state index in [2.05, 4.69) is 0 Å². The SMILES string of the molecule is CC(C)C(F)(CN)CC1CCCC1. The van der Waals surface area contributed by atoms with Gasteiger partial charge in [0.1, 0.15) is 5.67 Å². The second-order valence-corrected chi connectivity index (χ2v) is 4.75. The van der Waals surface area contributed by atoms with Gasteiger partial charge in [-0.15, -0.1) is 0 Å². The topological polar surface area (TPSA) is 26.0 Å². The number of nitrogens with two attached hydrogens (primary N) is 1. The van der Waals surface area contributed by atoms with E-state index in [1.807, 2.05) is 13.8 Å². The lowest BCUT2D eigenvalue weighted by atomic mass is 9.83. The van der Waals surface area contributed by atoms with Crippen molar-refractivity contribution in [2.24, 2.45) is 17.6 Å². The Kier molecular flexibility index (Phi) is 3.72. The normalized spacial score (nSPS) is 23.8. The van der Waals surface area contributed by atoms with Crippen molar-refractivity contribution in [3.63, 3.8) is 0 Å². The van der Waals surface area contributed by atoms with Crippen molar-refractivity contribution in [2.45, 2.75) is 51.6 Å². The Morgan fingerprint density at radius 3 is 2.31 bits per heavy atom. The highest BCUT2D eigenvalue weighted by Gasteiger charge is 2.35. The van der Waals surface area contributed by atoms with Gasteiger partial charge in [0.2, 0.25) is 0 Å². The average Bonchev–Trinajstić information content (AvgIpc) is 2.56. The minimum absolute atomic E-state index is 0.0538. The molecule has 0 bridgehead atoms. The molecule has 0 aliphatic heterocycles. The highest BCUT2D eigenvalue weighted by atomic mass is 19.1. The van der Waals surface area contributed by atoms with Crippen molar-refractivity contribution in [3.05, 3.63) is 0 Å². The molecule has 0 radical (unpaired) electrons. The Hall–Kier alpha value is -0.110. The molecule has 0 spiro atoms. The third kappa shape index (κ3) is 2.67. The Bertz CT molecular complexity index is 152. The van der Waals surface area contributed by atoms with Gasteiger partial charge in [-0.2, -0.15) is 0 Å². The molecule has 1 fully saturated rings. The monoisotopic (exact) mass is 187 g/mol. The van der Waals surface area contributed by atoms with Gasteiger partial charge in [-0.25, -0.2) is 4.39 Å². The highest BCUT2D eigenvalue weighted by molar-refractivity contribution is 4.87. The van der Waals surface area contributed by atoms with Gasteiger partial charge in [0, 0.05) is 6.54 Å². The minimum atomic E-state index is -1.12. The van der Waals surface area contributed by atoms with Crippen LogP contribution in [0.2, 0.25) is 0 Å². The first kappa shape index (κ1) is 11.0. The lowest BCUT2D eigenvalue weighted by molar-refractivity contribution is 0.0781. The fourth-order valence-electron chi connectivity index (χ4n) is 2.25. The maximum atomic E-state index is 14.2. The van der Waals surface area contributed by atoms with Crippen LogP contribution in [-0.4, -0.2) is 12.2 Å². The van der Waals surface area contributed by atoms with Crippen LogP contribution in [0.4, 0.5) is 4.39 Å². The third-order valence-electron chi connectivity index (χ3n) is 3.48. The third-order valence-corrected chi connectivity index (χ3v) is 3.48. The molecular formula is C11H22FN. The Labute approximate surface area is 80.9 Å². The fourth-order valence-corrected chi connectivity index (χ4v) is 2.25. The zero-order valence-electron chi connectivity index (χ0n) is 8.85. The van der Waals surface area contributed by atoms with E-state index in [0.717, 1.165) is 0 Å². The van der Waals surface area contributed by atoms with Crippen LogP contribution >= 0.6 is 0 Å². The molecule has 1 rings (SSSR count). The van der Waals surface area contributed by atoms with Gasteiger partial charge < -0.3 is 5.73 Å². The first-order chi connectivity index (χ1) is 6.08. The zero-order valence-corrected chi connectivity index (χ0v) is 8.85. The van der Waals surface area contributed by atoms with Crippen LogP contribution in [-0.2, 0) is 0 Å². The van der Waals surface area contributed by atoms with E-state index < -0.39 is 5.67 Å². The molecule has 0 amide bonds. The van der Waals surface area contributed by atoms with Crippen molar-refractivity contribution in [1.29, 1.82) is 0 Å². The summed E-state index contributed by atoms with van der Waals surface area (Å²) in [5.41, 5.74) is 4.40. The van der Waals surface area contributed by atoms with Crippen LogP contribution in [0.25, 0.3) is 0 Å². The molecule has 1 nitrogen and oxygen atoms in total. The standard InChI is InChI=1S/C11H22FN/c1-9(2)11(12,8-13)7-10-5-3-4-6-10/h9-10H,3-8,13H2,1-2H3. The first-order valence-electron chi connectivity index (χ1n) is 5.47. The predicted octanol–water partition coefficient (Wildman–Crippen LogP) is 2.89. The Morgan fingerprint density at radius 1 is 1.38 bits per heavy atom. The maximum absolute atomic E-state index is 14.2. The molecule has 2 N–H and O–H groups in total. The van der Waals surface area contributed by atoms with Crippen molar-refractivity contribution >= 4 is 0 Å². The van der Waals surface area contributed by atoms with E-state index in [9.17, 15) is 4.39 Å². The van der Waals surface area contributed by atoms with Gasteiger partial charge in [0.05, 0.1) is 0 Å². The molecule has 1 unspecified atom stereocenters. The molecule has 0 aromatic heterocycles. The van der Waals surface area contributed by atoms with E-state index in [1.54, 1.807) is 0 Å². The largest absolute Gasteiger partial charge is 0.328 e. The number of rotatable bonds is 4. The van der Waals surface area contributed by atoms with Crippen LogP contribution in [0, 0.1) is 11.8 Å². The number of hydrogen-bond donors (Lipinski definition) is 1. The number of alkyl halides is 1. The van der Waals surface area contributed by atoms with E-state index in [1.165, 1.54) is 25.7 Å². The van der Waals surface area contributed by atoms with Crippen molar-refractivity contribution in [2.75, 3.05) is 6.54 Å². The van der Waals surface area contributed by atoms with Crippen molar-refractivity contribution in [3.8, 4) is 0 Å². The van der Waals surface area contributed by atoms with Gasteiger partial charge in [-0.3, -0.25) is 0 Å². The molecule has 1 aliphatic rings. The van der Waals surface area contributed by atoms with Gasteiger partial charge in [0.15, 0.2) is 0 Å². The smallest absolute Gasteiger partial charge is 0.125 e. The molecule has 1 aliphatic carbocycles. The maximum Gasteiger partial charge on any atom is 0.125 e. The molecule has 0 aromatic carbocycles. The molecule has 13 heavy (non-hydrogen) atoms. The molecule has 78 valence electrons. The molecule has 0 heterocycles. The van der Waals surface area contributed by atoms with Crippen LogP contribution in [0.1, 0.15) is 46.0 Å². The van der Waals surface area contributed by atoms with Crippen molar-refractivity contribution in [1.82, 2.24) is 0 Å². The summed E-state index contributed by atoms with van der Waals surface area (Å²) in [7, 11) is 0. The molecular weight excluding hydrogens is 165 g/mol. The summed E-state index contributed by atoms with van der Waals surface area (Å²) in [6, 6.07) is 0. The summed E-state index contributed by atoms with van der Waals surface area (Å²) >= 11 is 0. The summed E-state index contributed by atoms with van der Waals surface area (Å²) in [6.45, 7) is 4.05. The summed E-state index contributed by atoms with van der Waals surface area (Å²) in [5.74, 6) is 0.647. The molecule has 0 aromatic rings. The lowest BCUT2D eigenvalue weighted by Crippen LogP contribution is -2.39. The van der Waals surface area contributed by atoms with E-state index >= 15 is 0 Å². The van der Waals surface area contributed by atoms with Gasteiger partial charge in [0.25, 0.3) is 0 Å². The van der Waals surface area contributed by atoms with Crippen LogP contribution < -0.4 is 5.73 Å². The summed E-state index contributed by atoms with van der Waals surface area (Å²) in [5, 5.41) is 0. The van der Waals surface area contributed by atoms with Crippen LogP contribution in [0.3, 0.4) is 0 Å². The van der Waals surface area contributed by atoms with Crippen LogP contribution in [0.5, 0.6) is 0 Å². The molecule has 1 atom stereocenters. The average molecular weight is 187 g/mol. The van der Waals surface area contributed by atoms with E-state index in [4.69, 9.17) is 5.73 Å². The first-order valence-corrected chi connectivity index (χ1v) is 5.47. The second kappa shape index (κ2) is 4.41. The summed E-state index contributed by atoms with van der Waals surface area (Å²) in [4.78, 5) is 0. The minimum Gasteiger partial charge on any atom is -0.328 e. The molecule has 0 saturated heterocycles. The van der Waals surface area contributed by atoms with Crippen LogP contribution in [0.15, 0.2) is 0 Å². The Balaban J connectivity index is 2.46. The van der Waals surface area contributed by atoms with Crippen molar-refractivity contribution < 1.29 is 4.39 Å². The predicted molar refractivity (Wildman–Crippen MR) is 54.3 cm³/mol. The number of hydrogen-bond acceptors (Lipinski definition) is 1. The number of halogens is 1. The summed E-state index contributed by atoms with van der Waals surface area (Å²) < 4.78 is 14.2. The summed E-state index contributed by atoms with van der Waals surface area (Å²) in [6.07, 6.45) is 5.66. The highest BCUT2D eigenvalue weighted by Crippen LogP contribution is 2.36. The molecule has 2 heteroatoms. The van der Waals surface area contributed by atoms with Gasteiger partial charge >= 0.3 is 0 Å². The van der Waals surface area contributed by atoms with Gasteiger partial charge in [-0.05, 0) is 18.3 Å². The Morgan fingerprint density at radius 2 is 1.92 bits per heavy atom. The zero-order chi connectivity index (χ0) is 9.90. The fraction of sp³-hybridized carbons (Fsp3) is 1.00. The lowest BCUT2D eigenvalue weighted by Gasteiger charge is -2.30.